The Bertz CT molecular complexity index is 315. The summed E-state index contributed by atoms with van der Waals surface area (Å²) in [6.07, 6.45) is 1.00. The number of hydrogen-bond acceptors (Lipinski definition) is 2. The first-order chi connectivity index (χ1) is 6.94. The van der Waals surface area contributed by atoms with Gasteiger partial charge in [-0.3, -0.25) is 0 Å². The second-order valence-corrected chi connectivity index (χ2v) is 4.74. The van der Waals surface area contributed by atoms with Crippen LogP contribution in [0.25, 0.3) is 0 Å². The summed E-state index contributed by atoms with van der Waals surface area (Å²) in [7, 11) is 1.73. The third-order valence-electron chi connectivity index (χ3n) is 2.49. The molecule has 1 unspecified atom stereocenters. The molecule has 1 aromatic rings. The minimum Gasteiger partial charge on any atom is -0.377 e. The third kappa shape index (κ3) is 3.65. The van der Waals surface area contributed by atoms with Gasteiger partial charge in [0.05, 0.1) is 6.10 Å². The van der Waals surface area contributed by atoms with Gasteiger partial charge in [-0.25, -0.2) is 0 Å². The molecule has 2 N–H and O–H groups in total. The van der Waals surface area contributed by atoms with E-state index in [2.05, 4.69) is 19.1 Å². The maximum Gasteiger partial charge on any atom is 0.0795 e. The fraction of sp³-hybridized carbons (Fsp3) is 0.538. The molecule has 0 aliphatic carbocycles. The summed E-state index contributed by atoms with van der Waals surface area (Å²) >= 11 is 0. The molecule has 0 heterocycles. The molecule has 0 spiro atoms. The minimum atomic E-state index is -0.177. The molecule has 0 aliphatic heterocycles. The Kier molecular flexibility index (Phi) is 3.89. The molecular weight excluding hydrogens is 186 g/mol. The van der Waals surface area contributed by atoms with Crippen LogP contribution in [0.4, 0.5) is 0 Å². The van der Waals surface area contributed by atoms with Crippen LogP contribution in [0.5, 0.6) is 0 Å². The topological polar surface area (TPSA) is 35.2 Å². The van der Waals surface area contributed by atoms with E-state index < -0.39 is 0 Å². The molecule has 84 valence electrons. The molecule has 0 aromatic heterocycles. The van der Waals surface area contributed by atoms with Crippen LogP contribution in [0, 0.1) is 0 Å². The van der Waals surface area contributed by atoms with Gasteiger partial charge in [0.2, 0.25) is 0 Å². The zero-order valence-electron chi connectivity index (χ0n) is 10.1. The van der Waals surface area contributed by atoms with Crippen LogP contribution in [0.1, 0.15) is 38.0 Å². The van der Waals surface area contributed by atoms with Crippen molar-refractivity contribution in [1.82, 2.24) is 0 Å². The molecule has 0 bridgehead atoms. The fourth-order valence-corrected chi connectivity index (χ4v) is 1.71. The Balaban J connectivity index is 2.96. The van der Waals surface area contributed by atoms with Crippen molar-refractivity contribution in [1.29, 1.82) is 0 Å². The van der Waals surface area contributed by atoms with Gasteiger partial charge in [-0.05, 0) is 38.3 Å². The summed E-state index contributed by atoms with van der Waals surface area (Å²) in [5, 5.41) is 0. The average Bonchev–Trinajstić information content (AvgIpc) is 2.15. The Hall–Kier alpha value is -0.860. The molecule has 2 nitrogen and oxygen atoms in total. The van der Waals surface area contributed by atoms with E-state index in [0.717, 1.165) is 6.42 Å². The van der Waals surface area contributed by atoms with Crippen molar-refractivity contribution in [2.24, 2.45) is 5.73 Å². The van der Waals surface area contributed by atoms with Crippen molar-refractivity contribution in [3.05, 3.63) is 35.4 Å². The van der Waals surface area contributed by atoms with E-state index >= 15 is 0 Å². The van der Waals surface area contributed by atoms with E-state index in [-0.39, 0.29) is 11.6 Å². The zero-order chi connectivity index (χ0) is 11.5. The highest BCUT2D eigenvalue weighted by atomic mass is 16.5. The highest BCUT2D eigenvalue weighted by molar-refractivity contribution is 5.30. The van der Waals surface area contributed by atoms with E-state index in [9.17, 15) is 0 Å². The lowest BCUT2D eigenvalue weighted by atomic mass is 9.91. The maximum atomic E-state index is 6.04. The molecule has 15 heavy (non-hydrogen) atoms. The van der Waals surface area contributed by atoms with Gasteiger partial charge in [0.25, 0.3) is 0 Å². The predicted octanol–water partition coefficient (Wildman–Crippen LogP) is 2.67. The van der Waals surface area contributed by atoms with Crippen LogP contribution in [0.2, 0.25) is 0 Å². The minimum absolute atomic E-state index is 0.128. The van der Waals surface area contributed by atoms with Gasteiger partial charge in [0, 0.05) is 12.6 Å². The lowest BCUT2D eigenvalue weighted by molar-refractivity contribution is 0.118. The van der Waals surface area contributed by atoms with Gasteiger partial charge < -0.3 is 10.5 Å². The molecule has 0 amide bonds. The predicted molar refractivity (Wildman–Crippen MR) is 63.8 cm³/mol. The average molecular weight is 207 g/mol. The molecular formula is C13H21NO. The smallest absolute Gasteiger partial charge is 0.0795 e. The van der Waals surface area contributed by atoms with Gasteiger partial charge in [-0.15, -0.1) is 0 Å². The SMILES string of the molecule is COC(C)c1ccccc1CC(C)(C)N. The van der Waals surface area contributed by atoms with Crippen LogP contribution in [-0.2, 0) is 11.2 Å². The number of rotatable bonds is 4. The van der Waals surface area contributed by atoms with E-state index in [1.54, 1.807) is 7.11 Å². The van der Waals surface area contributed by atoms with Gasteiger partial charge in [0.15, 0.2) is 0 Å². The Morgan fingerprint density at radius 1 is 1.33 bits per heavy atom. The van der Waals surface area contributed by atoms with Crippen LogP contribution in [-0.4, -0.2) is 12.6 Å². The van der Waals surface area contributed by atoms with Crippen LogP contribution >= 0.6 is 0 Å². The molecule has 1 aromatic carbocycles. The van der Waals surface area contributed by atoms with Crippen LogP contribution in [0.15, 0.2) is 24.3 Å². The molecule has 0 radical (unpaired) electrons. The van der Waals surface area contributed by atoms with Crippen LogP contribution in [0.3, 0.4) is 0 Å². The van der Waals surface area contributed by atoms with Gasteiger partial charge in [-0.2, -0.15) is 0 Å². The van der Waals surface area contributed by atoms with Gasteiger partial charge in [-0.1, -0.05) is 24.3 Å². The molecule has 1 rings (SSSR count). The highest BCUT2D eigenvalue weighted by Gasteiger charge is 2.16. The van der Waals surface area contributed by atoms with Crippen molar-refractivity contribution in [3.63, 3.8) is 0 Å². The zero-order valence-corrected chi connectivity index (χ0v) is 10.1. The van der Waals surface area contributed by atoms with Crippen molar-refractivity contribution < 1.29 is 4.74 Å². The van der Waals surface area contributed by atoms with Crippen LogP contribution < -0.4 is 5.73 Å². The molecule has 0 fully saturated rings. The van der Waals surface area contributed by atoms with E-state index in [4.69, 9.17) is 10.5 Å². The van der Waals surface area contributed by atoms with Crippen molar-refractivity contribution in [3.8, 4) is 0 Å². The van der Waals surface area contributed by atoms with E-state index in [0.29, 0.717) is 0 Å². The molecule has 0 aliphatic rings. The monoisotopic (exact) mass is 207 g/mol. The summed E-state index contributed by atoms with van der Waals surface area (Å²) in [4.78, 5) is 0. The third-order valence-corrected chi connectivity index (χ3v) is 2.49. The van der Waals surface area contributed by atoms with E-state index in [1.165, 1.54) is 11.1 Å². The Morgan fingerprint density at radius 3 is 2.47 bits per heavy atom. The second-order valence-electron chi connectivity index (χ2n) is 4.74. The highest BCUT2D eigenvalue weighted by Crippen LogP contribution is 2.23. The maximum absolute atomic E-state index is 6.04. The summed E-state index contributed by atoms with van der Waals surface area (Å²) in [5.41, 5.74) is 8.37. The lowest BCUT2D eigenvalue weighted by Gasteiger charge is -2.22. The lowest BCUT2D eigenvalue weighted by Crippen LogP contribution is -2.34. The molecule has 2 heteroatoms. The summed E-state index contributed by atoms with van der Waals surface area (Å²) in [5.74, 6) is 0. The van der Waals surface area contributed by atoms with Crippen molar-refractivity contribution >= 4 is 0 Å². The number of methoxy groups -OCH3 is 1. The summed E-state index contributed by atoms with van der Waals surface area (Å²) in [6.45, 7) is 6.14. The quantitative estimate of drug-likeness (QED) is 0.823. The first-order valence-electron chi connectivity index (χ1n) is 5.33. The Morgan fingerprint density at radius 2 is 1.93 bits per heavy atom. The van der Waals surface area contributed by atoms with E-state index in [1.807, 2.05) is 26.0 Å². The summed E-state index contributed by atoms with van der Waals surface area (Å²) in [6, 6.07) is 8.32. The number of hydrogen-bond donors (Lipinski definition) is 1. The standard InChI is InChI=1S/C13H21NO/c1-10(15-4)12-8-6-5-7-11(12)9-13(2,3)14/h5-8,10H,9,14H2,1-4H3. The number of benzene rings is 1. The molecule has 0 saturated carbocycles. The summed E-state index contributed by atoms with van der Waals surface area (Å²) < 4.78 is 5.35. The van der Waals surface area contributed by atoms with Crippen molar-refractivity contribution in [2.45, 2.75) is 38.8 Å². The fourth-order valence-electron chi connectivity index (χ4n) is 1.71. The normalized spacial score (nSPS) is 13.9. The first kappa shape index (κ1) is 12.2. The number of nitrogens with two attached hydrogens (primary N) is 1. The van der Waals surface area contributed by atoms with Gasteiger partial charge >= 0.3 is 0 Å². The first-order valence-corrected chi connectivity index (χ1v) is 5.33. The largest absolute Gasteiger partial charge is 0.377 e. The number of ether oxygens (including phenoxy) is 1. The Labute approximate surface area is 92.4 Å². The molecule has 0 saturated heterocycles. The molecule has 1 atom stereocenters. The van der Waals surface area contributed by atoms with Gasteiger partial charge in [0.1, 0.15) is 0 Å². The second kappa shape index (κ2) is 4.77. The van der Waals surface area contributed by atoms with Crippen molar-refractivity contribution in [2.75, 3.05) is 7.11 Å².